The Morgan fingerprint density at radius 1 is 1.75 bits per heavy atom. The van der Waals surface area contributed by atoms with Crippen molar-refractivity contribution in [2.45, 2.75) is 19.8 Å². The molecule has 0 saturated carbocycles. The molecular weight excluding hydrogens is 122 g/mol. The molecule has 0 spiro atoms. The quantitative estimate of drug-likeness (QED) is 0.625. The highest BCUT2D eigenvalue weighted by Crippen LogP contribution is 2.00. The van der Waals surface area contributed by atoms with E-state index in [0.29, 0.717) is 6.54 Å². The Hall–Kier alpha value is -0.0100. The van der Waals surface area contributed by atoms with Crippen molar-refractivity contribution in [3.63, 3.8) is 0 Å². The van der Waals surface area contributed by atoms with E-state index in [4.69, 9.17) is 17.3 Å². The molecule has 8 heavy (non-hydrogen) atoms. The molecule has 0 aromatic rings. The van der Waals surface area contributed by atoms with Crippen molar-refractivity contribution in [1.82, 2.24) is 0 Å². The molecule has 2 N–H and O–H groups in total. The Morgan fingerprint density at radius 2 is 2.38 bits per heavy atom. The second-order valence-corrected chi connectivity index (χ2v) is 2.13. The van der Waals surface area contributed by atoms with E-state index in [2.05, 4.69) is 6.92 Å². The van der Waals surface area contributed by atoms with E-state index in [-0.39, 0.29) is 0 Å². The molecule has 0 unspecified atom stereocenters. The molecule has 0 saturated heterocycles. The van der Waals surface area contributed by atoms with Gasteiger partial charge in [0.25, 0.3) is 0 Å². The molecule has 0 radical (unpaired) electrons. The van der Waals surface area contributed by atoms with Crippen molar-refractivity contribution in [2.24, 2.45) is 5.73 Å². The first-order valence-corrected chi connectivity index (χ1v) is 3.23. The van der Waals surface area contributed by atoms with E-state index >= 15 is 0 Å². The van der Waals surface area contributed by atoms with Crippen molar-refractivity contribution < 1.29 is 0 Å². The van der Waals surface area contributed by atoms with Gasteiger partial charge < -0.3 is 5.73 Å². The zero-order valence-electron chi connectivity index (χ0n) is 5.15. The number of nitrogens with two attached hydrogens (primary N) is 1. The van der Waals surface area contributed by atoms with Crippen molar-refractivity contribution in [3.05, 3.63) is 11.1 Å². The maximum Gasteiger partial charge on any atom is 0.0284 e. The van der Waals surface area contributed by atoms with Gasteiger partial charge in [0.1, 0.15) is 0 Å². The first kappa shape index (κ1) is 7.99. The van der Waals surface area contributed by atoms with Gasteiger partial charge in [0, 0.05) is 11.6 Å². The van der Waals surface area contributed by atoms with Gasteiger partial charge in [-0.1, -0.05) is 31.0 Å². The number of hydrogen-bond donors (Lipinski definition) is 1. The van der Waals surface area contributed by atoms with Crippen molar-refractivity contribution >= 4 is 11.6 Å². The maximum absolute atomic E-state index is 5.58. The third-order valence-electron chi connectivity index (χ3n) is 0.850. The van der Waals surface area contributed by atoms with Gasteiger partial charge in [-0.2, -0.15) is 0 Å². The highest BCUT2D eigenvalue weighted by molar-refractivity contribution is 6.29. The summed E-state index contributed by atoms with van der Waals surface area (Å²) < 4.78 is 0. The molecule has 0 bridgehead atoms. The first-order chi connectivity index (χ1) is 3.81. The van der Waals surface area contributed by atoms with E-state index in [1.807, 2.05) is 6.08 Å². The van der Waals surface area contributed by atoms with Crippen LogP contribution in [-0.4, -0.2) is 6.54 Å². The van der Waals surface area contributed by atoms with Crippen molar-refractivity contribution in [2.75, 3.05) is 6.54 Å². The molecule has 0 fully saturated rings. The predicted molar refractivity (Wildman–Crippen MR) is 37.9 cm³/mol. The van der Waals surface area contributed by atoms with Crippen LogP contribution in [0.15, 0.2) is 11.1 Å². The van der Waals surface area contributed by atoms with Gasteiger partial charge in [0.05, 0.1) is 0 Å². The summed E-state index contributed by atoms with van der Waals surface area (Å²) in [5.74, 6) is 0. The van der Waals surface area contributed by atoms with Crippen molar-refractivity contribution in [1.29, 1.82) is 0 Å². The van der Waals surface area contributed by atoms with Crippen LogP contribution < -0.4 is 5.73 Å². The molecule has 0 rings (SSSR count). The average molecular weight is 134 g/mol. The third kappa shape index (κ3) is 4.16. The van der Waals surface area contributed by atoms with Crippen LogP contribution in [0.4, 0.5) is 0 Å². The minimum atomic E-state index is 0.474. The molecule has 1 nitrogen and oxygen atoms in total. The highest BCUT2D eigenvalue weighted by atomic mass is 35.5. The summed E-state index contributed by atoms with van der Waals surface area (Å²) >= 11 is 5.58. The maximum atomic E-state index is 5.58. The number of halogens is 1. The van der Waals surface area contributed by atoms with Crippen LogP contribution in [-0.2, 0) is 0 Å². The van der Waals surface area contributed by atoms with Crippen LogP contribution in [0.5, 0.6) is 0 Å². The normalized spacial score (nSPS) is 12.1. The van der Waals surface area contributed by atoms with E-state index in [1.54, 1.807) is 0 Å². The lowest BCUT2D eigenvalue weighted by atomic mass is 10.3. The lowest BCUT2D eigenvalue weighted by Gasteiger charge is -1.88. The van der Waals surface area contributed by atoms with Gasteiger partial charge in [-0.05, 0) is 6.42 Å². The van der Waals surface area contributed by atoms with Crippen LogP contribution >= 0.6 is 11.6 Å². The zero-order valence-corrected chi connectivity index (χ0v) is 5.91. The molecule has 0 aromatic carbocycles. The predicted octanol–water partition coefficient (Wildman–Crippen LogP) is 1.87. The summed E-state index contributed by atoms with van der Waals surface area (Å²) in [5, 5.41) is 0.770. The minimum Gasteiger partial charge on any atom is -0.326 e. The van der Waals surface area contributed by atoms with Crippen LogP contribution in [0.3, 0.4) is 0 Å². The molecule has 0 atom stereocenters. The molecule has 0 aliphatic carbocycles. The lowest BCUT2D eigenvalue weighted by molar-refractivity contribution is 0.951. The summed E-state index contributed by atoms with van der Waals surface area (Å²) in [6.45, 7) is 2.58. The summed E-state index contributed by atoms with van der Waals surface area (Å²) in [7, 11) is 0. The van der Waals surface area contributed by atoms with Gasteiger partial charge in [-0.15, -0.1) is 0 Å². The third-order valence-corrected chi connectivity index (χ3v) is 1.16. The van der Waals surface area contributed by atoms with Gasteiger partial charge in [0.15, 0.2) is 0 Å². The number of hydrogen-bond acceptors (Lipinski definition) is 1. The molecular formula is C6H12ClN. The molecule has 0 aliphatic rings. The fourth-order valence-electron chi connectivity index (χ4n) is 0.384. The van der Waals surface area contributed by atoms with Gasteiger partial charge in [0.2, 0.25) is 0 Å². The summed E-state index contributed by atoms with van der Waals surface area (Å²) in [4.78, 5) is 0. The van der Waals surface area contributed by atoms with Gasteiger partial charge in [-0.25, -0.2) is 0 Å². The second-order valence-electron chi connectivity index (χ2n) is 1.64. The fraction of sp³-hybridized carbons (Fsp3) is 0.667. The van der Waals surface area contributed by atoms with E-state index in [9.17, 15) is 0 Å². The Morgan fingerprint density at radius 3 is 2.75 bits per heavy atom. The smallest absolute Gasteiger partial charge is 0.0284 e. The van der Waals surface area contributed by atoms with Crippen LogP contribution in [0.1, 0.15) is 19.8 Å². The summed E-state index contributed by atoms with van der Waals surface area (Å²) in [6, 6.07) is 0. The largest absolute Gasteiger partial charge is 0.326 e. The summed E-state index contributed by atoms with van der Waals surface area (Å²) in [5.41, 5.74) is 5.21. The molecule has 0 aromatic heterocycles. The van der Waals surface area contributed by atoms with Gasteiger partial charge in [-0.3, -0.25) is 0 Å². The Kier molecular flexibility index (Phi) is 5.13. The fourth-order valence-corrected chi connectivity index (χ4v) is 0.493. The topological polar surface area (TPSA) is 26.0 Å². The SMILES string of the molecule is CCCC=C(Cl)CN. The summed E-state index contributed by atoms with van der Waals surface area (Å²) in [6.07, 6.45) is 4.13. The average Bonchev–Trinajstić information content (AvgIpc) is 1.83. The molecule has 0 heterocycles. The number of allylic oxidation sites excluding steroid dienone is 1. The van der Waals surface area contributed by atoms with Crippen LogP contribution in [0.25, 0.3) is 0 Å². The molecule has 0 amide bonds. The highest BCUT2D eigenvalue weighted by Gasteiger charge is 1.82. The Bertz CT molecular complexity index is 78.6. The van der Waals surface area contributed by atoms with E-state index < -0.39 is 0 Å². The van der Waals surface area contributed by atoms with Crippen molar-refractivity contribution in [3.8, 4) is 0 Å². The standard InChI is InChI=1S/C6H12ClN/c1-2-3-4-6(7)5-8/h4H,2-3,5,8H2,1H3. The zero-order chi connectivity index (χ0) is 6.41. The number of rotatable bonds is 3. The second kappa shape index (κ2) is 5.13. The van der Waals surface area contributed by atoms with E-state index in [0.717, 1.165) is 17.9 Å². The number of unbranched alkanes of at least 4 members (excludes halogenated alkanes) is 1. The van der Waals surface area contributed by atoms with Crippen LogP contribution in [0.2, 0.25) is 0 Å². The minimum absolute atomic E-state index is 0.474. The van der Waals surface area contributed by atoms with Gasteiger partial charge >= 0.3 is 0 Å². The lowest BCUT2D eigenvalue weighted by Crippen LogP contribution is -1.97. The molecule has 48 valence electrons. The Labute approximate surface area is 55.5 Å². The monoisotopic (exact) mass is 133 g/mol. The molecule has 2 heteroatoms. The van der Waals surface area contributed by atoms with E-state index in [1.165, 1.54) is 0 Å². The Balaban J connectivity index is 3.26. The molecule has 0 aliphatic heterocycles. The van der Waals surface area contributed by atoms with Crippen LogP contribution in [0, 0.1) is 0 Å². The first-order valence-electron chi connectivity index (χ1n) is 2.85.